The lowest BCUT2D eigenvalue weighted by molar-refractivity contribution is -0.158. The maximum absolute atomic E-state index is 14.5. The molecule has 0 aliphatic carbocycles. The van der Waals surface area contributed by atoms with E-state index in [1.165, 1.54) is 6.20 Å². The van der Waals surface area contributed by atoms with E-state index < -0.39 is 117 Å². The van der Waals surface area contributed by atoms with Gasteiger partial charge in [-0.1, -0.05) is 145 Å². The number of amides is 6. The molecule has 2 unspecified atom stereocenters. The second-order valence-electron chi connectivity index (χ2n) is 28.9. The fourth-order valence-corrected chi connectivity index (χ4v) is 14.4. The molecule has 0 fully saturated rings. The summed E-state index contributed by atoms with van der Waals surface area (Å²) in [5, 5.41) is 19.5. The van der Waals surface area contributed by atoms with Crippen molar-refractivity contribution in [1.29, 1.82) is 0 Å². The van der Waals surface area contributed by atoms with E-state index >= 15 is 0 Å². The number of sulfonamides is 1. The number of aromatic nitrogens is 3. The molecule has 6 aromatic carbocycles. The third-order valence-electron chi connectivity index (χ3n) is 17.6. The van der Waals surface area contributed by atoms with Gasteiger partial charge in [-0.3, -0.25) is 47.7 Å². The van der Waals surface area contributed by atoms with E-state index in [1.54, 1.807) is 121 Å². The second kappa shape index (κ2) is 40.4. The Kier molecular flexibility index (Phi) is 31.0. The molecule has 6 amide bonds. The summed E-state index contributed by atoms with van der Waals surface area (Å²) in [6, 6.07) is 43.1. The van der Waals surface area contributed by atoms with E-state index in [-0.39, 0.29) is 93.6 Å². The summed E-state index contributed by atoms with van der Waals surface area (Å²) in [5.74, 6) is -5.49. The molecule has 8 rings (SSSR count). The van der Waals surface area contributed by atoms with Crippen LogP contribution in [-0.4, -0.2) is 152 Å². The predicted molar refractivity (Wildman–Crippen MR) is 421 cm³/mol. The van der Waals surface area contributed by atoms with Gasteiger partial charge in [0.05, 0.1) is 30.4 Å². The molecule has 0 aliphatic heterocycles. The Morgan fingerprint density at radius 2 is 1.10 bits per heavy atom. The minimum absolute atomic E-state index is 0.0319. The fraction of sp³-hybridized carbons (Fsp3) is 0.386. The number of aryl methyl sites for hydroxylation is 4. The standard InChI is InChI=1S/C83H101N11O17S/c1-55-46-56(2)74(57(3)47-55)112(105,106)92-67(78(103)107-10)52-88-75(100)64-53-93(68-48-59(34-35-63(68)73(64)99)51-89-79-87-41-43-94(79)83(60-28-17-12-18-29-60,61-30-19-13-20-31-61)62-32-21-14-22-33-62)42-23-38-84-69(95)36-37-70(96)85-39-24-44-108-45-25-40-86-76(101)65(49-71(97)110-81(4,5)6)90-77(102)66(50-72(98)111-82(7,8)9)91-80(104)109-54-58-26-15-11-16-27-58/h11-22,26-35,41,43,46-48,53,65-67,92H,23-25,36-40,42,44-45,49-52,54H2,1-10H3,(H,84,95)(H,85,96)(H,86,101)(H,87,89)(H,88,100)(H,90,102)(H,91,104)/t65-,66?,67?/m1/s1. The molecular weight excluding hydrogens is 1460 g/mol. The number of hydrogen-bond acceptors (Lipinski definition) is 19. The predicted octanol–water partition coefficient (Wildman–Crippen LogP) is 8.38. The molecule has 0 bridgehead atoms. The van der Waals surface area contributed by atoms with Gasteiger partial charge in [-0.25, -0.2) is 18.2 Å². The largest absolute Gasteiger partial charge is 0.468 e. The van der Waals surface area contributed by atoms with Crippen LogP contribution < -0.4 is 47.4 Å². The number of carbonyl (C=O) groups excluding carboxylic acids is 9. The normalized spacial score (nSPS) is 12.4. The van der Waals surface area contributed by atoms with Gasteiger partial charge in [0.25, 0.3) is 5.91 Å². The molecule has 2 heterocycles. The van der Waals surface area contributed by atoms with E-state index in [4.69, 9.17) is 28.7 Å². The number of ether oxygens (including phenoxy) is 5. The Morgan fingerprint density at radius 1 is 0.580 bits per heavy atom. The number of carbonyl (C=O) groups is 9. The van der Waals surface area contributed by atoms with Crippen molar-refractivity contribution in [3.05, 3.63) is 231 Å². The zero-order valence-electron chi connectivity index (χ0n) is 64.9. The molecule has 29 heteroatoms. The monoisotopic (exact) mass is 1560 g/mol. The van der Waals surface area contributed by atoms with Crippen LogP contribution in [0.5, 0.6) is 0 Å². The lowest BCUT2D eigenvalue weighted by Crippen LogP contribution is -2.55. The number of hydrogen-bond donors (Lipinski definition) is 8. The third-order valence-corrected chi connectivity index (χ3v) is 19.4. The Balaban J connectivity index is 0.861. The number of alkyl carbamates (subject to hydrolysis) is 1. The molecular formula is C83H101N11O17S. The van der Waals surface area contributed by atoms with Gasteiger partial charge in [-0.05, 0) is 133 Å². The molecule has 0 spiro atoms. The summed E-state index contributed by atoms with van der Waals surface area (Å²) in [6.45, 7) is 15.4. The van der Waals surface area contributed by atoms with Crippen molar-refractivity contribution in [1.82, 2.24) is 50.7 Å². The molecule has 0 saturated heterocycles. The number of rotatable bonds is 39. The lowest BCUT2D eigenvalue weighted by Gasteiger charge is -2.38. The minimum atomic E-state index is -4.35. The fourth-order valence-electron chi connectivity index (χ4n) is 12.8. The van der Waals surface area contributed by atoms with Crippen molar-refractivity contribution in [3.8, 4) is 0 Å². The Hall–Kier alpha value is -11.6. The molecule has 8 N–H and O–H groups in total. The first-order chi connectivity index (χ1) is 53.3. The van der Waals surface area contributed by atoms with Gasteiger partial charge in [-0.2, -0.15) is 4.72 Å². The van der Waals surface area contributed by atoms with Crippen LogP contribution in [0.25, 0.3) is 10.9 Å². The van der Waals surface area contributed by atoms with E-state index in [0.29, 0.717) is 41.0 Å². The van der Waals surface area contributed by atoms with Crippen molar-refractivity contribution in [2.45, 2.75) is 167 Å². The van der Waals surface area contributed by atoms with Gasteiger partial charge in [-0.15, -0.1) is 0 Å². The first kappa shape index (κ1) is 86.0. The molecule has 28 nitrogen and oxygen atoms in total. The van der Waals surface area contributed by atoms with Gasteiger partial charge in [0.2, 0.25) is 45.0 Å². The third kappa shape index (κ3) is 25.0. The van der Waals surface area contributed by atoms with Crippen molar-refractivity contribution >= 4 is 80.4 Å². The van der Waals surface area contributed by atoms with Crippen LogP contribution in [0.1, 0.15) is 141 Å². The summed E-state index contributed by atoms with van der Waals surface area (Å²) in [5.41, 5.74) is 2.82. The highest BCUT2D eigenvalue weighted by Crippen LogP contribution is 2.42. The van der Waals surface area contributed by atoms with Crippen LogP contribution in [0.15, 0.2) is 180 Å². The minimum Gasteiger partial charge on any atom is -0.468 e. The zero-order chi connectivity index (χ0) is 81.2. The van der Waals surface area contributed by atoms with Crippen LogP contribution >= 0.6 is 0 Å². The summed E-state index contributed by atoms with van der Waals surface area (Å²) in [7, 11) is -3.27. The molecule has 8 aromatic rings. The average molecular weight is 1560 g/mol. The number of imidazole rings is 1. The SMILES string of the molecule is COC(=O)C(CNC(=O)c1cn(CCCNC(=O)CCC(=O)NCCCOCCCNC(=O)[C@@H](CC(=O)OC(C)(C)C)NC(=O)C(CC(=O)OC(C)(C)C)NC(=O)OCc2ccccc2)c2cc(CNc3nccn3C(c3ccccc3)(c3ccccc3)c3ccccc3)ccc2c1=O)NS(=O)(=O)c1c(C)cc(C)cc1C. The Labute approximate surface area is 652 Å². The number of benzene rings is 6. The number of nitrogens with zero attached hydrogens (tertiary/aromatic N) is 3. The van der Waals surface area contributed by atoms with Gasteiger partial charge < -0.3 is 65.5 Å². The maximum atomic E-state index is 14.5. The summed E-state index contributed by atoms with van der Waals surface area (Å²) in [6.07, 6.45) is 3.52. The van der Waals surface area contributed by atoms with E-state index in [9.17, 15) is 56.4 Å². The van der Waals surface area contributed by atoms with E-state index in [2.05, 4.69) is 82.9 Å². The van der Waals surface area contributed by atoms with Crippen LogP contribution in [-0.2, 0) is 92.5 Å². The number of fused-ring (bicyclic) bond motifs is 1. The Bertz CT molecular complexity index is 4640. The smallest absolute Gasteiger partial charge is 0.408 e. The van der Waals surface area contributed by atoms with Crippen LogP contribution in [0.3, 0.4) is 0 Å². The highest BCUT2D eigenvalue weighted by Gasteiger charge is 2.40. The molecule has 112 heavy (non-hydrogen) atoms. The first-order valence-electron chi connectivity index (χ1n) is 37.0. The van der Waals surface area contributed by atoms with Crippen molar-refractivity contribution in [2.24, 2.45) is 0 Å². The van der Waals surface area contributed by atoms with Gasteiger partial charge in [0.1, 0.15) is 47.0 Å². The van der Waals surface area contributed by atoms with Crippen molar-refractivity contribution in [2.75, 3.05) is 51.8 Å². The first-order valence-corrected chi connectivity index (χ1v) is 38.5. The van der Waals surface area contributed by atoms with Crippen molar-refractivity contribution in [3.63, 3.8) is 0 Å². The van der Waals surface area contributed by atoms with Crippen molar-refractivity contribution < 1.29 is 75.3 Å². The summed E-state index contributed by atoms with van der Waals surface area (Å²) >= 11 is 0. The van der Waals surface area contributed by atoms with Crippen LogP contribution in [0.2, 0.25) is 0 Å². The topological polar surface area (TPSA) is 370 Å². The number of nitrogens with one attached hydrogen (secondary N) is 8. The lowest BCUT2D eigenvalue weighted by atomic mass is 9.76. The number of pyridine rings is 1. The molecule has 3 atom stereocenters. The zero-order valence-corrected chi connectivity index (χ0v) is 65.7. The highest BCUT2D eigenvalue weighted by atomic mass is 32.2. The van der Waals surface area contributed by atoms with Gasteiger partial charge in [0, 0.05) is 89.3 Å². The average Bonchev–Trinajstić information content (AvgIpc) is 1.28. The number of methoxy groups -OCH3 is 1. The maximum Gasteiger partial charge on any atom is 0.408 e. The molecule has 596 valence electrons. The van der Waals surface area contributed by atoms with E-state index in [1.807, 2.05) is 73.8 Å². The Morgan fingerprint density at radius 3 is 1.63 bits per heavy atom. The number of anilines is 1. The quantitative estimate of drug-likeness (QED) is 0.00775. The summed E-state index contributed by atoms with van der Waals surface area (Å²) < 4.78 is 60.7. The van der Waals surface area contributed by atoms with Gasteiger partial charge >= 0.3 is 24.0 Å². The van der Waals surface area contributed by atoms with Gasteiger partial charge in [0.15, 0.2) is 0 Å². The van der Waals surface area contributed by atoms with E-state index in [0.717, 1.165) is 34.9 Å². The molecule has 0 radical (unpaired) electrons. The summed E-state index contributed by atoms with van der Waals surface area (Å²) in [4.78, 5) is 139. The number of esters is 3. The second-order valence-corrected chi connectivity index (χ2v) is 30.6. The molecule has 0 saturated carbocycles. The van der Waals surface area contributed by atoms with Crippen LogP contribution in [0, 0.1) is 20.8 Å². The highest BCUT2D eigenvalue weighted by molar-refractivity contribution is 7.89. The molecule has 2 aromatic heterocycles. The van der Waals surface area contributed by atoms with Crippen LogP contribution in [0.4, 0.5) is 10.7 Å². The molecule has 0 aliphatic rings.